The standard InChI is InChI=1S/C27H20ClFN2O6/c1-36-23-13-15(12-21(28)19(23)14-17-5-3-4-6-22(17)29)11-20-24(32)30-27(35)31(25(20)33)18-9-7-16(8-10-18)26(34)37-2/h3-13H,14H2,1-2H3,(H,30,32,35)/b20-11+. The summed E-state index contributed by atoms with van der Waals surface area (Å²) in [6.45, 7) is 0. The molecule has 1 aliphatic heterocycles. The summed E-state index contributed by atoms with van der Waals surface area (Å²) in [5.41, 5.74) is 1.34. The van der Waals surface area contributed by atoms with Gasteiger partial charge in [0.1, 0.15) is 17.1 Å². The molecule has 0 atom stereocenters. The Bertz CT molecular complexity index is 1450. The predicted molar refractivity (Wildman–Crippen MR) is 134 cm³/mol. The summed E-state index contributed by atoms with van der Waals surface area (Å²) in [5, 5.41) is 2.37. The Morgan fingerprint density at radius 3 is 2.41 bits per heavy atom. The molecule has 0 radical (unpaired) electrons. The number of anilines is 1. The first-order chi connectivity index (χ1) is 17.7. The summed E-state index contributed by atoms with van der Waals surface area (Å²) in [6, 6.07) is 14.0. The minimum Gasteiger partial charge on any atom is -0.496 e. The van der Waals surface area contributed by atoms with Crippen molar-refractivity contribution in [3.8, 4) is 5.75 Å². The molecule has 4 rings (SSSR count). The van der Waals surface area contributed by atoms with E-state index in [2.05, 4.69) is 10.1 Å². The molecule has 0 aromatic heterocycles. The molecular weight excluding hydrogens is 503 g/mol. The van der Waals surface area contributed by atoms with Gasteiger partial charge in [0, 0.05) is 17.0 Å². The molecule has 10 heteroatoms. The van der Waals surface area contributed by atoms with Crippen LogP contribution in [0.15, 0.2) is 66.2 Å². The Morgan fingerprint density at radius 1 is 1.05 bits per heavy atom. The highest BCUT2D eigenvalue weighted by atomic mass is 35.5. The Balaban J connectivity index is 1.68. The number of nitrogens with one attached hydrogen (secondary N) is 1. The monoisotopic (exact) mass is 522 g/mol. The number of imide groups is 2. The van der Waals surface area contributed by atoms with Crippen LogP contribution in [0.4, 0.5) is 14.9 Å². The molecule has 1 aliphatic rings. The summed E-state index contributed by atoms with van der Waals surface area (Å²) < 4.78 is 24.3. The molecular formula is C27H20ClFN2O6. The van der Waals surface area contributed by atoms with Gasteiger partial charge in [-0.1, -0.05) is 29.8 Å². The quantitative estimate of drug-likeness (QED) is 0.290. The van der Waals surface area contributed by atoms with Crippen molar-refractivity contribution in [1.29, 1.82) is 0 Å². The van der Waals surface area contributed by atoms with Gasteiger partial charge in [-0.25, -0.2) is 18.9 Å². The van der Waals surface area contributed by atoms with Crippen molar-refractivity contribution in [3.05, 3.63) is 99.3 Å². The molecule has 8 nitrogen and oxygen atoms in total. The highest BCUT2D eigenvalue weighted by molar-refractivity contribution is 6.39. The summed E-state index contributed by atoms with van der Waals surface area (Å²) in [6.07, 6.45) is 1.44. The third-order valence-corrected chi connectivity index (χ3v) is 6.02. The fourth-order valence-corrected chi connectivity index (χ4v) is 4.11. The number of methoxy groups -OCH3 is 2. The lowest BCUT2D eigenvalue weighted by atomic mass is 10.00. The van der Waals surface area contributed by atoms with Gasteiger partial charge >= 0.3 is 12.0 Å². The highest BCUT2D eigenvalue weighted by Gasteiger charge is 2.37. The van der Waals surface area contributed by atoms with Crippen molar-refractivity contribution in [1.82, 2.24) is 5.32 Å². The van der Waals surface area contributed by atoms with Gasteiger partial charge in [-0.05, 0) is 59.7 Å². The average molecular weight is 523 g/mol. The van der Waals surface area contributed by atoms with Gasteiger partial charge < -0.3 is 9.47 Å². The van der Waals surface area contributed by atoms with Crippen molar-refractivity contribution >= 4 is 47.2 Å². The zero-order valence-corrected chi connectivity index (χ0v) is 20.5. The number of urea groups is 1. The fraction of sp³-hybridized carbons (Fsp3) is 0.111. The number of esters is 1. The third kappa shape index (κ3) is 5.22. The maximum Gasteiger partial charge on any atom is 0.337 e. The van der Waals surface area contributed by atoms with Crippen LogP contribution in [0.2, 0.25) is 5.02 Å². The van der Waals surface area contributed by atoms with Crippen LogP contribution in [0.25, 0.3) is 6.08 Å². The van der Waals surface area contributed by atoms with Gasteiger partial charge in [-0.15, -0.1) is 0 Å². The van der Waals surface area contributed by atoms with Crippen molar-refractivity contribution in [3.63, 3.8) is 0 Å². The zero-order valence-electron chi connectivity index (χ0n) is 19.7. The topological polar surface area (TPSA) is 102 Å². The number of nitrogens with zero attached hydrogens (tertiary/aromatic N) is 1. The number of hydrogen-bond acceptors (Lipinski definition) is 6. The molecule has 0 spiro atoms. The minimum absolute atomic E-state index is 0.143. The molecule has 0 saturated carbocycles. The Morgan fingerprint density at radius 2 is 1.76 bits per heavy atom. The number of halogens is 2. The second kappa shape index (κ2) is 10.6. The smallest absolute Gasteiger partial charge is 0.337 e. The van der Waals surface area contributed by atoms with Crippen LogP contribution in [0.5, 0.6) is 5.75 Å². The van der Waals surface area contributed by atoms with Gasteiger partial charge in [0.05, 0.1) is 25.5 Å². The first-order valence-electron chi connectivity index (χ1n) is 10.9. The lowest BCUT2D eigenvalue weighted by Gasteiger charge is -2.26. The van der Waals surface area contributed by atoms with Crippen molar-refractivity contribution < 1.29 is 33.0 Å². The molecule has 0 aliphatic carbocycles. The van der Waals surface area contributed by atoms with E-state index in [1.165, 1.54) is 56.7 Å². The number of benzene rings is 3. The Labute approximate surface area is 216 Å². The summed E-state index contributed by atoms with van der Waals surface area (Å²) in [4.78, 5) is 50.7. The van der Waals surface area contributed by atoms with E-state index < -0.39 is 23.8 Å². The van der Waals surface area contributed by atoms with Crippen LogP contribution in [0, 0.1) is 5.82 Å². The van der Waals surface area contributed by atoms with Crippen molar-refractivity contribution in [2.45, 2.75) is 6.42 Å². The lowest BCUT2D eigenvalue weighted by Crippen LogP contribution is -2.54. The second-order valence-electron chi connectivity index (χ2n) is 7.95. The number of carbonyl (C=O) groups excluding carboxylic acids is 4. The average Bonchev–Trinajstić information content (AvgIpc) is 2.88. The number of amides is 4. The van der Waals surface area contributed by atoms with Gasteiger partial charge in [0.25, 0.3) is 11.8 Å². The van der Waals surface area contributed by atoms with E-state index in [0.29, 0.717) is 22.4 Å². The van der Waals surface area contributed by atoms with Gasteiger partial charge in [-0.2, -0.15) is 0 Å². The molecule has 0 unspecified atom stereocenters. The number of barbiturate groups is 1. The minimum atomic E-state index is -0.936. The molecule has 4 amide bonds. The lowest BCUT2D eigenvalue weighted by molar-refractivity contribution is -0.122. The molecule has 1 heterocycles. The molecule has 1 saturated heterocycles. The number of ether oxygens (including phenoxy) is 2. The van der Waals surface area contributed by atoms with E-state index in [0.717, 1.165) is 4.90 Å². The Hall–Kier alpha value is -4.50. The normalized spacial score (nSPS) is 14.5. The zero-order chi connectivity index (χ0) is 26.7. The maximum atomic E-state index is 14.2. The second-order valence-corrected chi connectivity index (χ2v) is 8.36. The number of carbonyl (C=O) groups is 4. The predicted octanol–water partition coefficient (Wildman–Crippen LogP) is 4.53. The van der Waals surface area contributed by atoms with E-state index in [-0.39, 0.29) is 34.1 Å². The Kier molecular flexibility index (Phi) is 7.35. The highest BCUT2D eigenvalue weighted by Crippen LogP contribution is 2.33. The number of hydrogen-bond donors (Lipinski definition) is 1. The summed E-state index contributed by atoms with van der Waals surface area (Å²) in [5.74, 6) is -2.40. The van der Waals surface area contributed by atoms with E-state index in [1.807, 2.05) is 0 Å². The molecule has 0 bridgehead atoms. The molecule has 1 N–H and O–H groups in total. The van der Waals surface area contributed by atoms with Crippen LogP contribution in [0.3, 0.4) is 0 Å². The molecule has 1 fully saturated rings. The molecule has 3 aromatic carbocycles. The SMILES string of the molecule is COC(=O)c1ccc(N2C(=O)NC(=O)/C(=C\c3cc(Cl)c(Cc4ccccc4F)c(OC)c3)C2=O)cc1. The van der Waals surface area contributed by atoms with Crippen molar-refractivity contribution in [2.24, 2.45) is 0 Å². The van der Waals surface area contributed by atoms with Crippen molar-refractivity contribution in [2.75, 3.05) is 19.1 Å². The van der Waals surface area contributed by atoms with Crippen LogP contribution < -0.4 is 15.0 Å². The fourth-order valence-electron chi connectivity index (χ4n) is 3.82. The van der Waals surface area contributed by atoms with E-state index in [4.69, 9.17) is 16.3 Å². The van der Waals surface area contributed by atoms with E-state index in [9.17, 15) is 23.6 Å². The van der Waals surface area contributed by atoms with E-state index in [1.54, 1.807) is 24.3 Å². The third-order valence-electron chi connectivity index (χ3n) is 5.68. The maximum absolute atomic E-state index is 14.2. The first-order valence-corrected chi connectivity index (χ1v) is 11.3. The molecule has 188 valence electrons. The van der Waals surface area contributed by atoms with Gasteiger partial charge in [0.2, 0.25) is 0 Å². The molecule has 37 heavy (non-hydrogen) atoms. The molecule has 3 aromatic rings. The van der Waals surface area contributed by atoms with Gasteiger partial charge in [0.15, 0.2) is 0 Å². The summed E-state index contributed by atoms with van der Waals surface area (Å²) in [7, 11) is 2.65. The van der Waals surface area contributed by atoms with Gasteiger partial charge in [-0.3, -0.25) is 14.9 Å². The van der Waals surface area contributed by atoms with Crippen LogP contribution in [-0.2, 0) is 20.7 Å². The summed E-state index contributed by atoms with van der Waals surface area (Å²) >= 11 is 6.49. The largest absolute Gasteiger partial charge is 0.496 e. The van der Waals surface area contributed by atoms with Crippen LogP contribution in [0.1, 0.15) is 27.0 Å². The van der Waals surface area contributed by atoms with Crippen LogP contribution in [-0.4, -0.2) is 38.0 Å². The van der Waals surface area contributed by atoms with Crippen LogP contribution >= 0.6 is 11.6 Å². The number of rotatable bonds is 6. The van der Waals surface area contributed by atoms with E-state index >= 15 is 0 Å². The first kappa shape index (κ1) is 25.6.